The summed E-state index contributed by atoms with van der Waals surface area (Å²) >= 11 is 0. The molecule has 18 heavy (non-hydrogen) atoms. The van der Waals surface area contributed by atoms with Crippen LogP contribution in [0.25, 0.3) is 0 Å². The molecule has 0 saturated heterocycles. The van der Waals surface area contributed by atoms with Crippen molar-refractivity contribution in [2.24, 2.45) is 5.92 Å². The first-order valence-electron chi connectivity index (χ1n) is 6.98. The number of nitrogens with one attached hydrogen (secondary N) is 1. The minimum absolute atomic E-state index is 0.235. The zero-order chi connectivity index (χ0) is 13.6. The molecule has 1 rings (SSSR count). The summed E-state index contributed by atoms with van der Waals surface area (Å²) in [7, 11) is 0. The molecular weight excluding hydrogens is 241 g/mol. The zero-order valence-electron chi connectivity index (χ0n) is 11.4. The van der Waals surface area contributed by atoms with Crippen LogP contribution in [0.15, 0.2) is 0 Å². The van der Waals surface area contributed by atoms with Gasteiger partial charge < -0.3 is 5.32 Å². The molecule has 0 aromatic carbocycles. The van der Waals surface area contributed by atoms with Crippen LogP contribution in [0, 0.1) is 5.92 Å². The largest absolute Gasteiger partial charge is 0.401 e. The third kappa shape index (κ3) is 6.59. The zero-order valence-corrected chi connectivity index (χ0v) is 11.4. The Morgan fingerprint density at radius 3 is 2.33 bits per heavy atom. The van der Waals surface area contributed by atoms with E-state index in [0.29, 0.717) is 19.0 Å². The maximum atomic E-state index is 12.5. The number of nitrogens with zero attached hydrogens (tertiary/aromatic N) is 1. The first kappa shape index (κ1) is 15.8. The van der Waals surface area contributed by atoms with E-state index in [1.165, 1.54) is 0 Å². The molecule has 1 N–H and O–H groups in total. The van der Waals surface area contributed by atoms with Crippen molar-refractivity contribution in [3.63, 3.8) is 0 Å². The van der Waals surface area contributed by atoms with Gasteiger partial charge in [0.15, 0.2) is 0 Å². The standard InChI is InChI=1S/C13H25F3N2/c1-3-7-17-12(11-5-6-11)9-18(8-4-2)10-13(14,15)16/h11-12,17H,3-10H2,1-2H3. The van der Waals surface area contributed by atoms with E-state index in [-0.39, 0.29) is 6.04 Å². The molecule has 0 radical (unpaired) electrons. The molecule has 108 valence electrons. The van der Waals surface area contributed by atoms with Gasteiger partial charge in [-0.2, -0.15) is 13.2 Å². The molecule has 1 fully saturated rings. The van der Waals surface area contributed by atoms with Crippen molar-refractivity contribution in [2.45, 2.75) is 51.7 Å². The molecule has 0 aromatic rings. The molecule has 2 nitrogen and oxygen atoms in total. The second-order valence-corrected chi connectivity index (χ2v) is 5.25. The van der Waals surface area contributed by atoms with Crippen LogP contribution in [0.3, 0.4) is 0 Å². The highest BCUT2D eigenvalue weighted by Gasteiger charge is 2.35. The van der Waals surface area contributed by atoms with Crippen LogP contribution >= 0.6 is 0 Å². The Morgan fingerprint density at radius 2 is 1.89 bits per heavy atom. The SMILES string of the molecule is CCCNC(CN(CCC)CC(F)(F)F)C1CC1. The van der Waals surface area contributed by atoms with Crippen molar-refractivity contribution in [3.8, 4) is 0 Å². The molecule has 0 aliphatic heterocycles. The van der Waals surface area contributed by atoms with Gasteiger partial charge in [0, 0.05) is 12.6 Å². The molecule has 1 atom stereocenters. The van der Waals surface area contributed by atoms with E-state index in [9.17, 15) is 13.2 Å². The molecule has 0 spiro atoms. The molecule has 0 aromatic heterocycles. The Hall–Kier alpha value is -0.290. The fourth-order valence-electron chi connectivity index (χ4n) is 2.29. The van der Waals surface area contributed by atoms with Crippen molar-refractivity contribution in [1.82, 2.24) is 10.2 Å². The highest BCUT2D eigenvalue weighted by atomic mass is 19.4. The lowest BCUT2D eigenvalue weighted by Crippen LogP contribution is -2.46. The Bertz CT molecular complexity index is 227. The lowest BCUT2D eigenvalue weighted by molar-refractivity contribution is -0.146. The predicted molar refractivity (Wildman–Crippen MR) is 67.6 cm³/mol. The summed E-state index contributed by atoms with van der Waals surface area (Å²) in [5.74, 6) is 0.587. The number of hydrogen-bond acceptors (Lipinski definition) is 2. The van der Waals surface area contributed by atoms with Gasteiger partial charge in [-0.15, -0.1) is 0 Å². The van der Waals surface area contributed by atoms with Crippen molar-refractivity contribution in [1.29, 1.82) is 0 Å². The molecule has 0 heterocycles. The summed E-state index contributed by atoms with van der Waals surface area (Å²) in [6.45, 7) is 5.17. The average Bonchev–Trinajstić information content (AvgIpc) is 3.05. The number of halogens is 3. The van der Waals surface area contributed by atoms with E-state index in [1.54, 1.807) is 4.90 Å². The molecule has 1 saturated carbocycles. The van der Waals surface area contributed by atoms with Crippen LogP contribution in [-0.2, 0) is 0 Å². The van der Waals surface area contributed by atoms with E-state index < -0.39 is 12.7 Å². The molecular formula is C13H25F3N2. The number of rotatable bonds is 9. The van der Waals surface area contributed by atoms with Crippen molar-refractivity contribution in [2.75, 3.05) is 26.2 Å². The molecule has 0 bridgehead atoms. The lowest BCUT2D eigenvalue weighted by Gasteiger charge is -2.28. The minimum Gasteiger partial charge on any atom is -0.312 e. The topological polar surface area (TPSA) is 15.3 Å². The monoisotopic (exact) mass is 266 g/mol. The number of hydrogen-bond donors (Lipinski definition) is 1. The van der Waals surface area contributed by atoms with E-state index in [0.717, 1.165) is 32.2 Å². The third-order valence-electron chi connectivity index (χ3n) is 3.25. The minimum atomic E-state index is -4.09. The summed E-state index contributed by atoms with van der Waals surface area (Å²) in [5, 5.41) is 3.40. The molecule has 5 heteroatoms. The van der Waals surface area contributed by atoms with Crippen molar-refractivity contribution < 1.29 is 13.2 Å². The summed E-state index contributed by atoms with van der Waals surface area (Å²) < 4.78 is 37.5. The van der Waals surface area contributed by atoms with E-state index in [2.05, 4.69) is 12.2 Å². The van der Waals surface area contributed by atoms with E-state index >= 15 is 0 Å². The fraction of sp³-hybridized carbons (Fsp3) is 1.00. The Kier molecular flexibility index (Phi) is 6.43. The molecule has 1 aliphatic carbocycles. The Morgan fingerprint density at radius 1 is 1.22 bits per heavy atom. The van der Waals surface area contributed by atoms with Gasteiger partial charge in [-0.1, -0.05) is 13.8 Å². The van der Waals surface area contributed by atoms with Crippen LogP contribution in [0.4, 0.5) is 13.2 Å². The van der Waals surface area contributed by atoms with Crippen LogP contribution < -0.4 is 5.32 Å². The van der Waals surface area contributed by atoms with Gasteiger partial charge in [-0.05, 0) is 44.7 Å². The second-order valence-electron chi connectivity index (χ2n) is 5.25. The summed E-state index contributed by atoms with van der Waals surface area (Å²) in [6.07, 6.45) is 0.0201. The molecule has 0 amide bonds. The van der Waals surface area contributed by atoms with Gasteiger partial charge >= 0.3 is 6.18 Å². The van der Waals surface area contributed by atoms with Crippen molar-refractivity contribution >= 4 is 0 Å². The van der Waals surface area contributed by atoms with Gasteiger partial charge in [0.05, 0.1) is 6.54 Å². The Balaban J connectivity index is 2.44. The molecule has 1 unspecified atom stereocenters. The Labute approximate surface area is 108 Å². The van der Waals surface area contributed by atoms with Crippen LogP contribution in [0.5, 0.6) is 0 Å². The number of alkyl halides is 3. The van der Waals surface area contributed by atoms with Gasteiger partial charge in [-0.3, -0.25) is 4.90 Å². The lowest BCUT2D eigenvalue weighted by atomic mass is 10.1. The first-order chi connectivity index (χ1) is 8.46. The second kappa shape index (κ2) is 7.34. The summed E-state index contributed by atoms with van der Waals surface area (Å²) in [5.41, 5.74) is 0. The maximum Gasteiger partial charge on any atom is 0.401 e. The van der Waals surface area contributed by atoms with E-state index in [4.69, 9.17) is 0 Å². The van der Waals surface area contributed by atoms with Crippen LogP contribution in [-0.4, -0.2) is 43.3 Å². The van der Waals surface area contributed by atoms with Gasteiger partial charge in [0.1, 0.15) is 0 Å². The summed E-state index contributed by atoms with van der Waals surface area (Å²) in [4.78, 5) is 1.55. The van der Waals surface area contributed by atoms with Gasteiger partial charge in [0.2, 0.25) is 0 Å². The smallest absolute Gasteiger partial charge is 0.312 e. The quantitative estimate of drug-likeness (QED) is 0.690. The fourth-order valence-corrected chi connectivity index (χ4v) is 2.29. The van der Waals surface area contributed by atoms with Crippen molar-refractivity contribution in [3.05, 3.63) is 0 Å². The predicted octanol–water partition coefficient (Wildman–Crippen LogP) is 3.04. The maximum absolute atomic E-state index is 12.5. The first-order valence-corrected chi connectivity index (χ1v) is 6.98. The normalized spacial score (nSPS) is 18.3. The highest BCUT2D eigenvalue weighted by Crippen LogP contribution is 2.33. The average molecular weight is 266 g/mol. The van der Waals surface area contributed by atoms with Gasteiger partial charge in [0.25, 0.3) is 0 Å². The van der Waals surface area contributed by atoms with E-state index in [1.807, 2.05) is 6.92 Å². The third-order valence-corrected chi connectivity index (χ3v) is 3.25. The summed E-state index contributed by atoms with van der Waals surface area (Å²) in [6, 6.07) is 0.235. The van der Waals surface area contributed by atoms with Crippen LogP contribution in [0.1, 0.15) is 39.5 Å². The van der Waals surface area contributed by atoms with Gasteiger partial charge in [-0.25, -0.2) is 0 Å². The van der Waals surface area contributed by atoms with Crippen LogP contribution in [0.2, 0.25) is 0 Å². The molecule has 1 aliphatic rings. The highest BCUT2D eigenvalue weighted by molar-refractivity contribution is 4.88.